The lowest BCUT2D eigenvalue weighted by Crippen LogP contribution is -2.46. The van der Waals surface area contributed by atoms with Crippen molar-refractivity contribution in [3.8, 4) is 6.07 Å². The van der Waals surface area contributed by atoms with E-state index in [1.165, 1.54) is 0 Å². The topological polar surface area (TPSA) is 96.3 Å². The molecule has 0 aromatic heterocycles. The van der Waals surface area contributed by atoms with Crippen LogP contribution in [-0.2, 0) is 14.3 Å². The molecule has 1 fully saturated rings. The van der Waals surface area contributed by atoms with Gasteiger partial charge in [0.25, 0.3) is 5.91 Å². The van der Waals surface area contributed by atoms with Crippen LogP contribution in [0, 0.1) is 25.2 Å². The molecular formula is C20H24N2O4. The van der Waals surface area contributed by atoms with Crippen molar-refractivity contribution in [1.29, 1.82) is 5.26 Å². The molecular weight excluding hydrogens is 332 g/mol. The maximum Gasteiger partial charge on any atom is 0.306 e. The quantitative estimate of drug-likeness (QED) is 0.598. The Labute approximate surface area is 153 Å². The Morgan fingerprint density at radius 1 is 1.15 bits per heavy atom. The number of Topliss-reactive ketones (excluding diaryl/α,β-unsaturated/α-hetero) is 1. The first kappa shape index (κ1) is 19.6. The van der Waals surface area contributed by atoms with Crippen LogP contribution in [-0.4, -0.2) is 29.8 Å². The number of aryl methyl sites for hydroxylation is 2. The molecule has 1 aromatic rings. The van der Waals surface area contributed by atoms with Crippen molar-refractivity contribution in [3.05, 3.63) is 34.9 Å². The number of nitriles is 1. The first-order valence-corrected chi connectivity index (χ1v) is 8.83. The second-order valence-corrected chi connectivity index (χ2v) is 6.83. The summed E-state index contributed by atoms with van der Waals surface area (Å²) in [5, 5.41) is 11.9. The van der Waals surface area contributed by atoms with Gasteiger partial charge >= 0.3 is 5.97 Å². The zero-order valence-corrected chi connectivity index (χ0v) is 15.3. The second kappa shape index (κ2) is 8.61. The molecule has 0 atom stereocenters. The lowest BCUT2D eigenvalue weighted by molar-refractivity contribution is -0.148. The molecule has 1 N–H and O–H groups in total. The third-order valence-electron chi connectivity index (χ3n) is 4.80. The Balaban J connectivity index is 1.74. The van der Waals surface area contributed by atoms with Crippen LogP contribution in [0.1, 0.15) is 60.0 Å². The zero-order chi connectivity index (χ0) is 19.2. The molecule has 1 aliphatic rings. The molecule has 6 nitrogen and oxygen atoms in total. The zero-order valence-electron chi connectivity index (χ0n) is 15.3. The number of hydrogen-bond acceptors (Lipinski definition) is 5. The van der Waals surface area contributed by atoms with Crippen molar-refractivity contribution in [3.63, 3.8) is 0 Å². The summed E-state index contributed by atoms with van der Waals surface area (Å²) in [6.07, 6.45) is 2.98. The summed E-state index contributed by atoms with van der Waals surface area (Å²) in [5.41, 5.74) is 1.86. The van der Waals surface area contributed by atoms with Gasteiger partial charge in [-0.25, -0.2) is 0 Å². The number of nitrogens with zero attached hydrogens (tertiary/aromatic N) is 1. The smallest absolute Gasteiger partial charge is 0.306 e. The molecule has 0 heterocycles. The summed E-state index contributed by atoms with van der Waals surface area (Å²) in [7, 11) is 0. The molecule has 138 valence electrons. The predicted octanol–water partition coefficient (Wildman–Crippen LogP) is 2.76. The molecule has 6 heteroatoms. The summed E-state index contributed by atoms with van der Waals surface area (Å²) in [6, 6.07) is 7.57. The molecule has 0 bridgehead atoms. The van der Waals surface area contributed by atoms with Crippen LogP contribution in [0.25, 0.3) is 0 Å². The molecule has 2 rings (SSSR count). The number of rotatable bonds is 7. The van der Waals surface area contributed by atoms with Crippen LogP contribution in [0.15, 0.2) is 18.2 Å². The van der Waals surface area contributed by atoms with E-state index in [2.05, 4.69) is 11.4 Å². The van der Waals surface area contributed by atoms with Crippen LogP contribution in [0.5, 0.6) is 0 Å². The Bertz CT molecular complexity index is 743. The number of nitrogens with one attached hydrogen (secondary N) is 1. The minimum Gasteiger partial charge on any atom is -0.456 e. The van der Waals surface area contributed by atoms with E-state index >= 15 is 0 Å². The van der Waals surface area contributed by atoms with E-state index in [9.17, 15) is 19.6 Å². The first-order valence-electron chi connectivity index (χ1n) is 8.83. The van der Waals surface area contributed by atoms with Gasteiger partial charge in [-0.1, -0.05) is 12.1 Å². The molecule has 1 aliphatic carbocycles. The maximum atomic E-state index is 12.1. The highest BCUT2D eigenvalue weighted by Gasteiger charge is 2.35. The molecule has 0 aliphatic heterocycles. The van der Waals surface area contributed by atoms with Gasteiger partial charge in [-0.2, -0.15) is 5.26 Å². The monoisotopic (exact) mass is 356 g/mol. The fourth-order valence-corrected chi connectivity index (χ4v) is 3.04. The highest BCUT2D eigenvalue weighted by Crippen LogP contribution is 2.28. The second-order valence-electron chi connectivity index (χ2n) is 6.83. The fourth-order valence-electron chi connectivity index (χ4n) is 3.04. The molecule has 26 heavy (non-hydrogen) atoms. The van der Waals surface area contributed by atoms with E-state index in [-0.39, 0.29) is 18.6 Å². The fraction of sp³-hybridized carbons (Fsp3) is 0.500. The number of hydrogen-bond donors (Lipinski definition) is 1. The summed E-state index contributed by atoms with van der Waals surface area (Å²) in [5.74, 6) is -1.22. The number of carbonyl (C=O) groups excluding carboxylic acids is 3. The van der Waals surface area contributed by atoms with E-state index in [0.717, 1.165) is 24.0 Å². The van der Waals surface area contributed by atoms with Crippen LogP contribution in [0.3, 0.4) is 0 Å². The molecule has 0 radical (unpaired) electrons. The van der Waals surface area contributed by atoms with E-state index in [1.807, 2.05) is 19.9 Å². The number of carbonyl (C=O) groups is 3. The van der Waals surface area contributed by atoms with E-state index in [4.69, 9.17) is 4.74 Å². The van der Waals surface area contributed by atoms with Crippen molar-refractivity contribution >= 4 is 17.7 Å². The van der Waals surface area contributed by atoms with Gasteiger partial charge in [0.1, 0.15) is 5.54 Å². The minimum atomic E-state index is -0.831. The standard InChI is InChI=1S/C20H24N2O4/c1-14-5-6-16(11-15(14)2)17(23)7-8-19(25)26-12-18(24)22-20(13-21)9-3-4-10-20/h5-6,11H,3-4,7-10,12H2,1-2H3,(H,22,24). The van der Waals surface area contributed by atoms with E-state index < -0.39 is 24.0 Å². The highest BCUT2D eigenvalue weighted by atomic mass is 16.5. The highest BCUT2D eigenvalue weighted by molar-refractivity contribution is 5.97. The number of esters is 1. The first-order chi connectivity index (χ1) is 12.3. The van der Waals surface area contributed by atoms with Gasteiger partial charge in [-0.15, -0.1) is 0 Å². The number of benzene rings is 1. The SMILES string of the molecule is Cc1ccc(C(=O)CCC(=O)OCC(=O)NC2(C#N)CCCC2)cc1C. The minimum absolute atomic E-state index is 0.0328. The molecule has 0 unspecified atom stereocenters. The Kier molecular flexibility index (Phi) is 6.51. The normalized spacial score (nSPS) is 15.1. The number of amides is 1. The summed E-state index contributed by atoms with van der Waals surface area (Å²) < 4.78 is 4.92. The lowest BCUT2D eigenvalue weighted by Gasteiger charge is -2.21. The predicted molar refractivity (Wildman–Crippen MR) is 95.4 cm³/mol. The summed E-state index contributed by atoms with van der Waals surface area (Å²) in [4.78, 5) is 35.8. The number of ether oxygens (including phenoxy) is 1. The molecule has 1 aromatic carbocycles. The molecule has 0 spiro atoms. The van der Waals surface area contributed by atoms with Gasteiger partial charge in [0.2, 0.25) is 0 Å². The van der Waals surface area contributed by atoms with Crippen LogP contribution < -0.4 is 5.32 Å². The van der Waals surface area contributed by atoms with Crippen LogP contribution >= 0.6 is 0 Å². The summed E-state index contributed by atoms with van der Waals surface area (Å²) >= 11 is 0. The average molecular weight is 356 g/mol. The molecule has 1 saturated carbocycles. The lowest BCUT2D eigenvalue weighted by atomic mass is 10.00. The van der Waals surface area contributed by atoms with Gasteiger partial charge in [0, 0.05) is 12.0 Å². The Morgan fingerprint density at radius 3 is 2.46 bits per heavy atom. The third kappa shape index (κ3) is 5.16. The van der Waals surface area contributed by atoms with Gasteiger partial charge < -0.3 is 10.1 Å². The molecule has 0 saturated heterocycles. The average Bonchev–Trinajstić information content (AvgIpc) is 3.09. The Hall–Kier alpha value is -2.68. The molecule has 1 amide bonds. The van der Waals surface area contributed by atoms with Crippen molar-refractivity contribution in [2.75, 3.05) is 6.61 Å². The van der Waals surface area contributed by atoms with E-state index in [0.29, 0.717) is 18.4 Å². The van der Waals surface area contributed by atoms with Gasteiger partial charge in [0.05, 0.1) is 12.5 Å². The van der Waals surface area contributed by atoms with Crippen LogP contribution in [0.4, 0.5) is 0 Å². The van der Waals surface area contributed by atoms with Crippen molar-refractivity contribution in [2.45, 2.75) is 57.9 Å². The van der Waals surface area contributed by atoms with Crippen molar-refractivity contribution < 1.29 is 19.1 Å². The largest absolute Gasteiger partial charge is 0.456 e. The van der Waals surface area contributed by atoms with Gasteiger partial charge in [0.15, 0.2) is 12.4 Å². The van der Waals surface area contributed by atoms with Gasteiger partial charge in [-0.05, 0) is 56.7 Å². The maximum absolute atomic E-state index is 12.1. The summed E-state index contributed by atoms with van der Waals surface area (Å²) in [6.45, 7) is 3.46. The van der Waals surface area contributed by atoms with Gasteiger partial charge in [-0.3, -0.25) is 14.4 Å². The van der Waals surface area contributed by atoms with Crippen LogP contribution in [0.2, 0.25) is 0 Å². The van der Waals surface area contributed by atoms with E-state index in [1.54, 1.807) is 12.1 Å². The van der Waals surface area contributed by atoms with Crippen molar-refractivity contribution in [1.82, 2.24) is 5.32 Å². The number of ketones is 1. The Morgan fingerprint density at radius 2 is 1.85 bits per heavy atom. The third-order valence-corrected chi connectivity index (χ3v) is 4.80. The van der Waals surface area contributed by atoms with Crippen molar-refractivity contribution in [2.24, 2.45) is 0 Å².